The molecule has 0 radical (unpaired) electrons. The number of rotatable bonds is 6. The van der Waals surface area contributed by atoms with Crippen LogP contribution in [0.1, 0.15) is 19.3 Å². The number of hydrogen-bond donors (Lipinski definition) is 3. The van der Waals surface area contributed by atoms with Crippen LogP contribution in [0.3, 0.4) is 0 Å². The third-order valence-electron chi connectivity index (χ3n) is 1.30. The van der Waals surface area contributed by atoms with Crippen molar-refractivity contribution in [3.63, 3.8) is 0 Å². The maximum Gasteiger partial charge on any atom is 0.108 e. The van der Waals surface area contributed by atoms with Gasteiger partial charge in [0.1, 0.15) is 6.11 Å². The van der Waals surface area contributed by atoms with E-state index in [1.54, 1.807) is 0 Å². The van der Waals surface area contributed by atoms with E-state index in [-0.39, 0.29) is 6.61 Å². The molecule has 0 saturated heterocycles. The Morgan fingerprint density at radius 2 is 2.00 bits per heavy atom. The van der Waals surface area contributed by atoms with E-state index in [0.29, 0.717) is 6.54 Å². The molecule has 0 amide bonds. The van der Waals surface area contributed by atoms with Crippen molar-refractivity contribution in [2.45, 2.75) is 19.3 Å². The van der Waals surface area contributed by atoms with Crippen LogP contribution < -0.4 is 5.32 Å². The highest BCUT2D eigenvalue weighted by molar-refractivity contribution is 4.91. The maximum atomic E-state index is 8.43. The minimum atomic E-state index is 0.274. The Bertz CT molecular complexity index is 126. The fraction of sp³-hybridized carbons (Fsp3) is 0.750. The van der Waals surface area contributed by atoms with Gasteiger partial charge >= 0.3 is 0 Å². The molecule has 11 heavy (non-hydrogen) atoms. The van der Waals surface area contributed by atoms with Crippen molar-refractivity contribution < 1.29 is 10.2 Å². The molecule has 3 N–H and O–H groups in total. The van der Waals surface area contributed by atoms with E-state index < -0.39 is 0 Å². The Balaban J connectivity index is 2.83. The average molecular weight is 157 g/mol. The van der Waals surface area contributed by atoms with Gasteiger partial charge in [0.05, 0.1) is 6.54 Å². The molecule has 3 heteroatoms. The summed E-state index contributed by atoms with van der Waals surface area (Å²) >= 11 is 0. The van der Waals surface area contributed by atoms with E-state index in [4.69, 9.17) is 10.2 Å². The monoisotopic (exact) mass is 157 g/mol. The normalized spacial score (nSPS) is 8.82. The number of nitrogens with one attached hydrogen (secondary N) is 1. The Morgan fingerprint density at radius 1 is 1.18 bits per heavy atom. The molecule has 0 aromatic rings. The van der Waals surface area contributed by atoms with E-state index in [2.05, 4.69) is 11.2 Å². The van der Waals surface area contributed by atoms with Gasteiger partial charge in [-0.05, 0) is 31.7 Å². The van der Waals surface area contributed by atoms with Crippen molar-refractivity contribution in [2.75, 3.05) is 19.7 Å². The molecule has 0 bridgehead atoms. The Kier molecular flexibility index (Phi) is 8.67. The zero-order valence-corrected chi connectivity index (χ0v) is 6.64. The van der Waals surface area contributed by atoms with E-state index >= 15 is 0 Å². The summed E-state index contributed by atoms with van der Waals surface area (Å²) in [7, 11) is 0. The molecule has 3 nitrogen and oxygen atoms in total. The van der Waals surface area contributed by atoms with Gasteiger partial charge in [0.15, 0.2) is 0 Å². The van der Waals surface area contributed by atoms with Crippen LogP contribution in [0.25, 0.3) is 0 Å². The van der Waals surface area contributed by atoms with Gasteiger partial charge < -0.3 is 15.5 Å². The zero-order chi connectivity index (χ0) is 8.36. The summed E-state index contributed by atoms with van der Waals surface area (Å²) in [6.07, 6.45) is 4.77. The third kappa shape index (κ3) is 9.28. The summed E-state index contributed by atoms with van der Waals surface area (Å²) in [5, 5.41) is 19.5. The van der Waals surface area contributed by atoms with Gasteiger partial charge in [0.25, 0.3) is 0 Å². The summed E-state index contributed by atoms with van der Waals surface area (Å²) in [6.45, 7) is 1.71. The summed E-state index contributed by atoms with van der Waals surface area (Å²) in [5.41, 5.74) is 0. The van der Waals surface area contributed by atoms with Crippen molar-refractivity contribution in [3.8, 4) is 12.0 Å². The lowest BCUT2D eigenvalue weighted by molar-refractivity contribution is 0.283. The minimum Gasteiger partial charge on any atom is -0.462 e. The maximum absolute atomic E-state index is 8.43. The lowest BCUT2D eigenvalue weighted by Gasteiger charge is -1.98. The molecule has 0 aromatic carbocycles. The topological polar surface area (TPSA) is 52.5 Å². The molecule has 0 aliphatic heterocycles. The molecule has 64 valence electrons. The SMILES string of the molecule is OC#CCNCCCCCO. The lowest BCUT2D eigenvalue weighted by atomic mass is 10.2. The summed E-state index contributed by atoms with van der Waals surface area (Å²) < 4.78 is 0. The summed E-state index contributed by atoms with van der Waals surface area (Å²) in [5.74, 6) is 2.48. The molecule has 0 heterocycles. The predicted octanol–water partition coefficient (Wildman–Crippen LogP) is 0.0720. The van der Waals surface area contributed by atoms with Crippen molar-refractivity contribution in [3.05, 3.63) is 0 Å². The van der Waals surface area contributed by atoms with Gasteiger partial charge in [0.2, 0.25) is 0 Å². The van der Waals surface area contributed by atoms with Gasteiger partial charge in [0, 0.05) is 6.61 Å². The largest absolute Gasteiger partial charge is 0.462 e. The van der Waals surface area contributed by atoms with Crippen LogP contribution in [0.15, 0.2) is 0 Å². The molecule has 0 rings (SSSR count). The molecular formula is C8H15NO2. The van der Waals surface area contributed by atoms with Crippen molar-refractivity contribution >= 4 is 0 Å². The van der Waals surface area contributed by atoms with Crippen LogP contribution in [0.4, 0.5) is 0 Å². The van der Waals surface area contributed by atoms with E-state index in [9.17, 15) is 0 Å². The lowest BCUT2D eigenvalue weighted by Crippen LogP contribution is -2.15. The van der Waals surface area contributed by atoms with E-state index in [0.717, 1.165) is 25.8 Å². The molecule has 0 unspecified atom stereocenters. The fourth-order valence-corrected chi connectivity index (χ4v) is 0.729. The number of aliphatic hydroxyl groups excluding tert-OH is 2. The van der Waals surface area contributed by atoms with Crippen LogP contribution in [0, 0.1) is 12.0 Å². The van der Waals surface area contributed by atoms with E-state index in [1.165, 1.54) is 0 Å². The second-order valence-electron chi connectivity index (χ2n) is 2.25. The smallest absolute Gasteiger partial charge is 0.108 e. The first kappa shape index (κ1) is 10.3. The van der Waals surface area contributed by atoms with Crippen molar-refractivity contribution in [2.24, 2.45) is 0 Å². The zero-order valence-electron chi connectivity index (χ0n) is 6.64. The molecule has 0 fully saturated rings. The predicted molar refractivity (Wildman–Crippen MR) is 43.5 cm³/mol. The van der Waals surface area contributed by atoms with Crippen LogP contribution in [-0.2, 0) is 0 Å². The van der Waals surface area contributed by atoms with Crippen molar-refractivity contribution in [1.82, 2.24) is 5.32 Å². The van der Waals surface area contributed by atoms with Crippen LogP contribution in [0.2, 0.25) is 0 Å². The van der Waals surface area contributed by atoms with Crippen LogP contribution in [0.5, 0.6) is 0 Å². The second kappa shape index (κ2) is 9.28. The first-order valence-corrected chi connectivity index (χ1v) is 3.85. The highest BCUT2D eigenvalue weighted by atomic mass is 16.3. The first-order chi connectivity index (χ1) is 5.41. The first-order valence-electron chi connectivity index (χ1n) is 3.85. The minimum absolute atomic E-state index is 0.274. The van der Waals surface area contributed by atoms with Gasteiger partial charge in [-0.3, -0.25) is 0 Å². The Hall–Kier alpha value is -0.720. The standard InChI is InChI=1S/C8H15NO2/c10-7-3-1-2-5-9-6-4-8-11/h9-11H,1-3,5-7H2. The molecule has 0 aromatic heterocycles. The molecule has 0 saturated carbocycles. The van der Waals surface area contributed by atoms with Gasteiger partial charge in [-0.25, -0.2) is 0 Å². The Labute approximate surface area is 67.4 Å². The molecule has 0 atom stereocenters. The average Bonchev–Trinajstić information content (AvgIpc) is 2.03. The number of aliphatic hydroxyl groups is 2. The molecule has 0 aliphatic carbocycles. The van der Waals surface area contributed by atoms with Gasteiger partial charge in [-0.15, -0.1) is 0 Å². The fourth-order valence-electron chi connectivity index (χ4n) is 0.729. The molecule has 0 aliphatic rings. The van der Waals surface area contributed by atoms with Crippen molar-refractivity contribution in [1.29, 1.82) is 0 Å². The highest BCUT2D eigenvalue weighted by Gasteiger charge is 1.86. The van der Waals surface area contributed by atoms with Crippen LogP contribution in [-0.4, -0.2) is 29.9 Å². The van der Waals surface area contributed by atoms with Gasteiger partial charge in [-0.2, -0.15) is 0 Å². The summed E-state index contributed by atoms with van der Waals surface area (Å²) in [4.78, 5) is 0. The molecule has 0 spiro atoms. The molecular weight excluding hydrogens is 142 g/mol. The quantitative estimate of drug-likeness (QED) is 0.378. The number of hydrogen-bond acceptors (Lipinski definition) is 3. The second-order valence-corrected chi connectivity index (χ2v) is 2.25. The summed E-state index contributed by atoms with van der Waals surface area (Å²) in [6, 6.07) is 0. The number of unbranched alkanes of at least 4 members (excludes halogenated alkanes) is 2. The van der Waals surface area contributed by atoms with E-state index in [1.807, 2.05) is 6.11 Å². The third-order valence-corrected chi connectivity index (χ3v) is 1.30. The highest BCUT2D eigenvalue weighted by Crippen LogP contribution is 1.90. The van der Waals surface area contributed by atoms with Crippen LogP contribution >= 0.6 is 0 Å². The Morgan fingerprint density at radius 3 is 2.64 bits per heavy atom. The van der Waals surface area contributed by atoms with Gasteiger partial charge in [-0.1, -0.05) is 0 Å².